The molecule has 2 aliphatic heterocycles. The van der Waals surface area contributed by atoms with Crippen LogP contribution in [0.4, 0.5) is 5.69 Å². The number of ether oxygens (including phenoxy) is 1. The van der Waals surface area contributed by atoms with Gasteiger partial charge in [-0.05, 0) is 30.5 Å². The van der Waals surface area contributed by atoms with Crippen LogP contribution in [0, 0.1) is 0 Å². The molecule has 4 nitrogen and oxygen atoms in total. The molecule has 0 bridgehead atoms. The topological polar surface area (TPSA) is 49.8 Å². The van der Waals surface area contributed by atoms with Gasteiger partial charge in [-0.3, -0.25) is 0 Å². The number of aromatic carboxylic acids is 1. The molecule has 0 radical (unpaired) electrons. The predicted molar refractivity (Wildman–Crippen MR) is 59.4 cm³/mol. The summed E-state index contributed by atoms with van der Waals surface area (Å²) in [5.41, 5.74) is 2.38. The molecule has 1 aromatic carbocycles. The Morgan fingerprint density at radius 1 is 1.38 bits per heavy atom. The SMILES string of the molecule is O=C(O)c1ccc2c3c1CCCN3CCO2. The van der Waals surface area contributed by atoms with Crippen molar-refractivity contribution in [2.45, 2.75) is 12.8 Å². The highest BCUT2D eigenvalue weighted by molar-refractivity contribution is 5.93. The standard InChI is InChI=1S/C12H13NO3/c14-12(15)9-3-4-10-11-8(9)2-1-5-13(11)6-7-16-10/h3-4H,1-2,5-7H2,(H,14,15). The predicted octanol–water partition coefficient (Wildman–Crippen LogP) is 1.53. The number of carboxylic acid groups (broad SMARTS) is 1. The molecule has 2 aliphatic rings. The summed E-state index contributed by atoms with van der Waals surface area (Å²) in [7, 11) is 0. The molecule has 3 rings (SSSR count). The fraction of sp³-hybridized carbons (Fsp3) is 0.417. The highest BCUT2D eigenvalue weighted by Crippen LogP contribution is 2.40. The van der Waals surface area contributed by atoms with Gasteiger partial charge in [0.2, 0.25) is 0 Å². The Labute approximate surface area is 93.4 Å². The van der Waals surface area contributed by atoms with Crippen molar-refractivity contribution in [3.05, 3.63) is 23.3 Å². The van der Waals surface area contributed by atoms with Gasteiger partial charge in [-0.1, -0.05) is 0 Å². The van der Waals surface area contributed by atoms with Gasteiger partial charge in [0.15, 0.2) is 0 Å². The molecule has 0 saturated carbocycles. The lowest BCUT2D eigenvalue weighted by atomic mass is 9.95. The number of anilines is 1. The maximum absolute atomic E-state index is 11.1. The molecule has 0 aliphatic carbocycles. The zero-order chi connectivity index (χ0) is 11.1. The highest BCUT2D eigenvalue weighted by atomic mass is 16.5. The van der Waals surface area contributed by atoms with E-state index < -0.39 is 5.97 Å². The summed E-state index contributed by atoms with van der Waals surface area (Å²) in [5, 5.41) is 9.15. The Bertz CT molecular complexity index is 454. The van der Waals surface area contributed by atoms with Gasteiger partial charge in [0.25, 0.3) is 0 Å². The maximum atomic E-state index is 11.1. The van der Waals surface area contributed by atoms with Gasteiger partial charge >= 0.3 is 5.97 Å². The van der Waals surface area contributed by atoms with E-state index in [1.807, 2.05) is 0 Å². The van der Waals surface area contributed by atoms with E-state index in [0.29, 0.717) is 12.2 Å². The number of nitrogens with zero attached hydrogens (tertiary/aromatic N) is 1. The van der Waals surface area contributed by atoms with Crippen LogP contribution in [0.25, 0.3) is 0 Å². The van der Waals surface area contributed by atoms with Crippen molar-refractivity contribution >= 4 is 11.7 Å². The van der Waals surface area contributed by atoms with Crippen molar-refractivity contribution in [2.24, 2.45) is 0 Å². The first-order valence-electron chi connectivity index (χ1n) is 5.54. The van der Waals surface area contributed by atoms with E-state index in [9.17, 15) is 4.79 Å². The molecule has 2 heterocycles. The summed E-state index contributed by atoms with van der Waals surface area (Å²) in [6.07, 6.45) is 1.86. The summed E-state index contributed by atoms with van der Waals surface area (Å²) < 4.78 is 5.57. The molecule has 1 N–H and O–H groups in total. The molecule has 4 heteroatoms. The molecule has 16 heavy (non-hydrogen) atoms. The van der Waals surface area contributed by atoms with Gasteiger partial charge in [-0.2, -0.15) is 0 Å². The Balaban J connectivity index is 2.21. The first-order valence-corrected chi connectivity index (χ1v) is 5.54. The van der Waals surface area contributed by atoms with E-state index in [0.717, 1.165) is 42.9 Å². The van der Waals surface area contributed by atoms with E-state index in [1.165, 1.54) is 0 Å². The monoisotopic (exact) mass is 219 g/mol. The van der Waals surface area contributed by atoms with Crippen molar-refractivity contribution in [1.29, 1.82) is 0 Å². The quantitative estimate of drug-likeness (QED) is 0.778. The summed E-state index contributed by atoms with van der Waals surface area (Å²) in [6.45, 7) is 2.56. The van der Waals surface area contributed by atoms with Crippen LogP contribution in [0.15, 0.2) is 12.1 Å². The first kappa shape index (κ1) is 9.51. The number of hydrogen-bond donors (Lipinski definition) is 1. The molecule has 0 atom stereocenters. The minimum absolute atomic E-state index is 0.425. The summed E-state index contributed by atoms with van der Waals surface area (Å²) >= 11 is 0. The van der Waals surface area contributed by atoms with Crippen LogP contribution in [0.2, 0.25) is 0 Å². The first-order chi connectivity index (χ1) is 7.77. The summed E-state index contributed by atoms with van der Waals surface area (Å²) in [4.78, 5) is 13.4. The van der Waals surface area contributed by atoms with E-state index >= 15 is 0 Å². The third-order valence-electron chi connectivity index (χ3n) is 3.27. The maximum Gasteiger partial charge on any atom is 0.336 e. The largest absolute Gasteiger partial charge is 0.490 e. The second kappa shape index (κ2) is 3.40. The van der Waals surface area contributed by atoms with Gasteiger partial charge in [0.05, 0.1) is 17.8 Å². The van der Waals surface area contributed by atoms with E-state index in [1.54, 1.807) is 12.1 Å². The van der Waals surface area contributed by atoms with Crippen molar-refractivity contribution in [3.63, 3.8) is 0 Å². The number of hydrogen-bond acceptors (Lipinski definition) is 3. The van der Waals surface area contributed by atoms with E-state index in [2.05, 4.69) is 4.90 Å². The molecule has 0 saturated heterocycles. The molecule has 0 aromatic heterocycles. The fourth-order valence-electron chi connectivity index (χ4n) is 2.58. The summed E-state index contributed by atoms with van der Waals surface area (Å²) in [6, 6.07) is 3.44. The zero-order valence-corrected chi connectivity index (χ0v) is 8.90. The van der Waals surface area contributed by atoms with Crippen molar-refractivity contribution < 1.29 is 14.6 Å². The van der Waals surface area contributed by atoms with Crippen LogP contribution >= 0.6 is 0 Å². The third-order valence-corrected chi connectivity index (χ3v) is 3.27. The number of carboxylic acids is 1. The Kier molecular flexibility index (Phi) is 2.02. The number of rotatable bonds is 1. The number of benzene rings is 1. The lowest BCUT2D eigenvalue weighted by Crippen LogP contribution is -2.37. The van der Waals surface area contributed by atoms with Gasteiger partial charge in [-0.15, -0.1) is 0 Å². The summed E-state index contributed by atoms with van der Waals surface area (Å²) in [5.74, 6) is -0.00354. The van der Waals surface area contributed by atoms with Crippen molar-refractivity contribution in [2.75, 3.05) is 24.6 Å². The molecule has 84 valence electrons. The second-order valence-corrected chi connectivity index (χ2v) is 4.18. The van der Waals surface area contributed by atoms with Gasteiger partial charge in [0.1, 0.15) is 12.4 Å². The second-order valence-electron chi connectivity index (χ2n) is 4.18. The molecule has 1 aromatic rings. The zero-order valence-electron chi connectivity index (χ0n) is 8.90. The average molecular weight is 219 g/mol. The van der Waals surface area contributed by atoms with Gasteiger partial charge in [0, 0.05) is 6.54 Å². The molecular weight excluding hydrogens is 206 g/mol. The highest BCUT2D eigenvalue weighted by Gasteiger charge is 2.28. The minimum atomic E-state index is -0.842. The lowest BCUT2D eigenvalue weighted by Gasteiger charge is -2.36. The molecule has 0 spiro atoms. The van der Waals surface area contributed by atoms with Crippen LogP contribution in [-0.4, -0.2) is 30.8 Å². The third kappa shape index (κ3) is 1.26. The van der Waals surface area contributed by atoms with Gasteiger partial charge < -0.3 is 14.7 Å². The van der Waals surface area contributed by atoms with Crippen molar-refractivity contribution in [1.82, 2.24) is 0 Å². The molecular formula is C12H13NO3. The van der Waals surface area contributed by atoms with Crippen LogP contribution in [0.5, 0.6) is 5.75 Å². The smallest absolute Gasteiger partial charge is 0.336 e. The average Bonchev–Trinajstić information content (AvgIpc) is 2.30. The van der Waals surface area contributed by atoms with Crippen LogP contribution in [-0.2, 0) is 6.42 Å². The Morgan fingerprint density at radius 2 is 2.25 bits per heavy atom. The van der Waals surface area contributed by atoms with E-state index in [4.69, 9.17) is 9.84 Å². The van der Waals surface area contributed by atoms with Crippen LogP contribution in [0.1, 0.15) is 22.3 Å². The number of carbonyl (C=O) groups is 1. The Morgan fingerprint density at radius 3 is 3.06 bits per heavy atom. The van der Waals surface area contributed by atoms with Crippen LogP contribution < -0.4 is 9.64 Å². The fourth-order valence-corrected chi connectivity index (χ4v) is 2.58. The van der Waals surface area contributed by atoms with E-state index in [-0.39, 0.29) is 0 Å². The minimum Gasteiger partial charge on any atom is -0.490 e. The Hall–Kier alpha value is -1.71. The van der Waals surface area contributed by atoms with Crippen LogP contribution in [0.3, 0.4) is 0 Å². The van der Waals surface area contributed by atoms with Gasteiger partial charge in [-0.25, -0.2) is 4.79 Å². The van der Waals surface area contributed by atoms with Crippen molar-refractivity contribution in [3.8, 4) is 5.75 Å². The lowest BCUT2D eigenvalue weighted by molar-refractivity contribution is 0.0695. The molecule has 0 unspecified atom stereocenters. The normalized spacial score (nSPS) is 17.6. The molecule has 0 fully saturated rings. The molecule has 0 amide bonds.